The van der Waals surface area contributed by atoms with E-state index in [1.807, 2.05) is 26.0 Å². The number of hydrogen-bond donors (Lipinski definition) is 1. The van der Waals surface area contributed by atoms with Gasteiger partial charge in [0.15, 0.2) is 0 Å². The summed E-state index contributed by atoms with van der Waals surface area (Å²) >= 11 is 0. The van der Waals surface area contributed by atoms with Gasteiger partial charge < -0.3 is 5.73 Å². The van der Waals surface area contributed by atoms with Gasteiger partial charge in [0, 0.05) is 5.56 Å². The second-order valence-electron chi connectivity index (χ2n) is 3.26. The largest absolute Gasteiger partial charge is 0.369 e. The van der Waals surface area contributed by atoms with Gasteiger partial charge in [-0.1, -0.05) is 29.5 Å². The highest BCUT2D eigenvalue weighted by Crippen LogP contribution is 2.08. The van der Waals surface area contributed by atoms with Crippen molar-refractivity contribution in [2.45, 2.75) is 20.3 Å². The Kier molecular flexibility index (Phi) is 3.30. The summed E-state index contributed by atoms with van der Waals surface area (Å²) in [4.78, 5) is 10.4. The fourth-order valence-electron chi connectivity index (χ4n) is 1.18. The molecule has 0 aliphatic rings. The second kappa shape index (κ2) is 4.48. The van der Waals surface area contributed by atoms with Crippen LogP contribution in [0.2, 0.25) is 0 Å². The van der Waals surface area contributed by atoms with E-state index < -0.39 is 0 Å². The van der Waals surface area contributed by atoms with Crippen molar-refractivity contribution in [3.05, 3.63) is 34.9 Å². The highest BCUT2D eigenvalue weighted by atomic mass is 16.1. The molecular weight excluding hydrogens is 174 g/mol. The first kappa shape index (κ1) is 10.3. The maximum absolute atomic E-state index is 10.4. The molecule has 0 saturated heterocycles. The van der Waals surface area contributed by atoms with Crippen molar-refractivity contribution in [3.8, 4) is 11.8 Å². The quantitative estimate of drug-likeness (QED) is 0.666. The Labute approximate surface area is 84.1 Å². The monoisotopic (exact) mass is 187 g/mol. The molecule has 2 N–H and O–H groups in total. The normalized spacial score (nSPS) is 9.00. The van der Waals surface area contributed by atoms with E-state index in [0.717, 1.165) is 11.1 Å². The van der Waals surface area contributed by atoms with E-state index in [9.17, 15) is 4.79 Å². The molecule has 0 unspecified atom stereocenters. The van der Waals surface area contributed by atoms with Crippen molar-refractivity contribution in [2.24, 2.45) is 5.73 Å². The summed E-state index contributed by atoms with van der Waals surface area (Å²) in [5, 5.41) is 0. The SMILES string of the molecule is Cc1ccc(C#CCC(N)=O)c(C)c1. The van der Waals surface area contributed by atoms with Crippen LogP contribution in [-0.2, 0) is 4.79 Å². The number of amides is 1. The maximum atomic E-state index is 10.4. The molecule has 0 saturated carbocycles. The smallest absolute Gasteiger partial charge is 0.229 e. The number of aryl methyl sites for hydroxylation is 2. The molecular formula is C12H13NO. The fourth-order valence-corrected chi connectivity index (χ4v) is 1.18. The van der Waals surface area contributed by atoms with Crippen LogP contribution in [0.1, 0.15) is 23.1 Å². The Bertz CT molecular complexity index is 410. The average molecular weight is 187 g/mol. The van der Waals surface area contributed by atoms with Gasteiger partial charge in [0.25, 0.3) is 0 Å². The predicted molar refractivity (Wildman–Crippen MR) is 56.6 cm³/mol. The van der Waals surface area contributed by atoms with Crippen LogP contribution in [0.4, 0.5) is 0 Å². The first-order valence-corrected chi connectivity index (χ1v) is 4.44. The minimum Gasteiger partial charge on any atom is -0.369 e. The number of benzene rings is 1. The summed E-state index contributed by atoms with van der Waals surface area (Å²) in [5.74, 6) is 5.27. The van der Waals surface area contributed by atoms with Crippen LogP contribution in [0.15, 0.2) is 18.2 Å². The number of carbonyl (C=O) groups is 1. The van der Waals surface area contributed by atoms with Crippen LogP contribution in [0.5, 0.6) is 0 Å². The molecule has 72 valence electrons. The third kappa shape index (κ3) is 2.95. The molecule has 0 spiro atoms. The van der Waals surface area contributed by atoms with E-state index in [1.54, 1.807) is 0 Å². The van der Waals surface area contributed by atoms with E-state index in [0.29, 0.717) is 0 Å². The highest BCUT2D eigenvalue weighted by Gasteiger charge is 1.94. The van der Waals surface area contributed by atoms with Gasteiger partial charge in [-0.25, -0.2) is 0 Å². The zero-order valence-corrected chi connectivity index (χ0v) is 8.42. The van der Waals surface area contributed by atoms with E-state index in [1.165, 1.54) is 5.56 Å². The van der Waals surface area contributed by atoms with Crippen LogP contribution in [0, 0.1) is 25.7 Å². The van der Waals surface area contributed by atoms with Gasteiger partial charge in [0.1, 0.15) is 0 Å². The minimum atomic E-state index is -0.387. The highest BCUT2D eigenvalue weighted by molar-refractivity contribution is 5.76. The predicted octanol–water partition coefficient (Wildman–Crippen LogP) is 1.53. The summed E-state index contributed by atoms with van der Waals surface area (Å²) in [7, 11) is 0. The van der Waals surface area contributed by atoms with Crippen LogP contribution >= 0.6 is 0 Å². The van der Waals surface area contributed by atoms with Gasteiger partial charge in [-0.05, 0) is 25.5 Å². The van der Waals surface area contributed by atoms with Crippen molar-refractivity contribution >= 4 is 5.91 Å². The summed E-state index contributed by atoms with van der Waals surface area (Å²) in [5.41, 5.74) is 8.27. The molecule has 0 bridgehead atoms. The van der Waals surface area contributed by atoms with Gasteiger partial charge in [0.2, 0.25) is 5.91 Å². The first-order chi connectivity index (χ1) is 6.59. The van der Waals surface area contributed by atoms with Gasteiger partial charge in [-0.2, -0.15) is 0 Å². The molecule has 2 nitrogen and oxygen atoms in total. The van der Waals surface area contributed by atoms with Crippen LogP contribution < -0.4 is 5.73 Å². The molecule has 1 amide bonds. The van der Waals surface area contributed by atoms with Crippen molar-refractivity contribution in [3.63, 3.8) is 0 Å². The zero-order chi connectivity index (χ0) is 10.6. The van der Waals surface area contributed by atoms with Crippen LogP contribution in [0.3, 0.4) is 0 Å². The number of nitrogens with two attached hydrogens (primary N) is 1. The summed E-state index contributed by atoms with van der Waals surface area (Å²) in [6.45, 7) is 4.04. The van der Waals surface area contributed by atoms with E-state index in [4.69, 9.17) is 5.73 Å². The van der Waals surface area contributed by atoms with E-state index in [2.05, 4.69) is 17.9 Å². The standard InChI is InChI=1S/C12H13NO/c1-9-6-7-11(10(2)8-9)4-3-5-12(13)14/h6-8H,5H2,1-2H3,(H2,13,14). The summed E-state index contributed by atoms with van der Waals surface area (Å²) < 4.78 is 0. The minimum absolute atomic E-state index is 0.118. The molecule has 1 aromatic rings. The molecule has 2 heteroatoms. The second-order valence-corrected chi connectivity index (χ2v) is 3.26. The Balaban J connectivity index is 2.85. The van der Waals surface area contributed by atoms with Crippen LogP contribution in [0.25, 0.3) is 0 Å². The topological polar surface area (TPSA) is 43.1 Å². The van der Waals surface area contributed by atoms with Gasteiger partial charge >= 0.3 is 0 Å². The lowest BCUT2D eigenvalue weighted by Gasteiger charge is -1.98. The van der Waals surface area contributed by atoms with E-state index >= 15 is 0 Å². The first-order valence-electron chi connectivity index (χ1n) is 4.44. The van der Waals surface area contributed by atoms with Crippen molar-refractivity contribution in [1.82, 2.24) is 0 Å². The van der Waals surface area contributed by atoms with Gasteiger partial charge in [-0.3, -0.25) is 4.79 Å². The van der Waals surface area contributed by atoms with Gasteiger partial charge in [0.05, 0.1) is 6.42 Å². The molecule has 1 aromatic carbocycles. The average Bonchev–Trinajstić information content (AvgIpc) is 2.08. The van der Waals surface area contributed by atoms with Crippen molar-refractivity contribution < 1.29 is 4.79 Å². The van der Waals surface area contributed by atoms with Crippen molar-refractivity contribution in [1.29, 1.82) is 0 Å². The summed E-state index contributed by atoms with van der Waals surface area (Å²) in [6, 6.07) is 6.02. The molecule has 0 aromatic heterocycles. The van der Waals surface area contributed by atoms with Gasteiger partial charge in [-0.15, -0.1) is 0 Å². The van der Waals surface area contributed by atoms with Crippen molar-refractivity contribution in [2.75, 3.05) is 0 Å². The Morgan fingerprint density at radius 1 is 1.43 bits per heavy atom. The molecule has 0 aliphatic carbocycles. The number of rotatable bonds is 1. The third-order valence-corrected chi connectivity index (χ3v) is 1.87. The molecule has 0 fully saturated rings. The zero-order valence-electron chi connectivity index (χ0n) is 8.42. The molecule has 0 heterocycles. The third-order valence-electron chi connectivity index (χ3n) is 1.87. The molecule has 0 atom stereocenters. The Hall–Kier alpha value is -1.75. The number of primary amides is 1. The molecule has 1 rings (SSSR count). The summed E-state index contributed by atoms with van der Waals surface area (Å²) in [6.07, 6.45) is 0.118. The lowest BCUT2D eigenvalue weighted by molar-refractivity contribution is -0.117. The van der Waals surface area contributed by atoms with E-state index in [-0.39, 0.29) is 12.3 Å². The lowest BCUT2D eigenvalue weighted by Crippen LogP contribution is -2.08. The molecule has 0 aliphatic heterocycles. The van der Waals surface area contributed by atoms with Crippen LogP contribution in [-0.4, -0.2) is 5.91 Å². The Morgan fingerprint density at radius 2 is 2.14 bits per heavy atom. The molecule has 14 heavy (non-hydrogen) atoms. The Morgan fingerprint density at radius 3 is 2.71 bits per heavy atom. The fraction of sp³-hybridized carbons (Fsp3) is 0.250. The lowest BCUT2D eigenvalue weighted by atomic mass is 10.1. The maximum Gasteiger partial charge on any atom is 0.229 e. The number of hydrogen-bond acceptors (Lipinski definition) is 1. The number of carbonyl (C=O) groups excluding carboxylic acids is 1. The molecule has 0 radical (unpaired) electrons.